The Morgan fingerprint density at radius 2 is 2.11 bits per heavy atom. The van der Waals surface area contributed by atoms with Crippen molar-refractivity contribution < 1.29 is 19.4 Å². The summed E-state index contributed by atoms with van der Waals surface area (Å²) in [4.78, 5) is 23.9. The second-order valence-electron chi connectivity index (χ2n) is 4.73. The van der Waals surface area contributed by atoms with E-state index in [1.807, 2.05) is 0 Å². The van der Waals surface area contributed by atoms with Gasteiger partial charge in [0.1, 0.15) is 0 Å². The number of carbonyl (C=O) groups is 2. The number of carboxylic acid groups (broad SMARTS) is 1. The number of piperidine rings is 1. The first-order valence-corrected chi connectivity index (χ1v) is 6.48. The molecule has 0 radical (unpaired) electrons. The largest absolute Gasteiger partial charge is 0.465 e. The normalized spacial score (nSPS) is 23.0. The summed E-state index contributed by atoms with van der Waals surface area (Å²) in [6, 6.07) is -0.750. The number of alkyl carbamates (subject to hydrolysis) is 1. The molecule has 0 saturated carbocycles. The van der Waals surface area contributed by atoms with Crippen molar-refractivity contribution in [1.82, 2.24) is 10.2 Å². The van der Waals surface area contributed by atoms with Gasteiger partial charge < -0.3 is 20.9 Å². The third-order valence-corrected chi connectivity index (χ3v) is 3.09. The van der Waals surface area contributed by atoms with Crippen LogP contribution >= 0.6 is 12.2 Å². The average Bonchev–Trinajstić information content (AvgIpc) is 2.27. The standard InChI is InChI=1S/C11H19N3O4S/c1-6(2)18-10(15)13-7-3-4-8(9(12)19)14(5-7)11(16)17/h6-8H,3-5H2,1-2H3,(H2,12,19)(H,13,15)(H,16,17)/t7-,8+/m0/s1. The van der Waals surface area contributed by atoms with Crippen molar-refractivity contribution >= 4 is 29.4 Å². The van der Waals surface area contributed by atoms with Crippen molar-refractivity contribution in [3.8, 4) is 0 Å². The van der Waals surface area contributed by atoms with Gasteiger partial charge in [-0.15, -0.1) is 0 Å². The molecule has 108 valence electrons. The zero-order valence-electron chi connectivity index (χ0n) is 11.0. The fraction of sp³-hybridized carbons (Fsp3) is 0.727. The van der Waals surface area contributed by atoms with Crippen LogP contribution in [-0.2, 0) is 4.74 Å². The molecule has 7 nitrogen and oxygen atoms in total. The van der Waals surface area contributed by atoms with E-state index >= 15 is 0 Å². The summed E-state index contributed by atoms with van der Waals surface area (Å²) in [6.45, 7) is 3.64. The van der Waals surface area contributed by atoms with E-state index in [0.717, 1.165) is 4.90 Å². The molecule has 2 amide bonds. The summed E-state index contributed by atoms with van der Waals surface area (Å²) < 4.78 is 4.96. The lowest BCUT2D eigenvalue weighted by atomic mass is 9.99. The maximum atomic E-state index is 11.5. The maximum Gasteiger partial charge on any atom is 0.407 e. The molecule has 1 heterocycles. The van der Waals surface area contributed by atoms with Gasteiger partial charge in [-0.1, -0.05) is 12.2 Å². The number of carbonyl (C=O) groups excluding carboxylic acids is 1. The summed E-state index contributed by atoms with van der Waals surface area (Å²) in [5.74, 6) is 0. The monoisotopic (exact) mass is 289 g/mol. The molecular formula is C11H19N3O4S. The van der Waals surface area contributed by atoms with Crippen molar-refractivity contribution in [3.05, 3.63) is 0 Å². The number of amides is 2. The Kier molecular flexibility index (Phi) is 5.34. The van der Waals surface area contributed by atoms with E-state index in [2.05, 4.69) is 5.32 Å². The Labute approximate surface area is 117 Å². The molecule has 0 aromatic carbocycles. The van der Waals surface area contributed by atoms with E-state index in [0.29, 0.717) is 12.8 Å². The van der Waals surface area contributed by atoms with Crippen LogP contribution in [0, 0.1) is 0 Å². The molecule has 0 unspecified atom stereocenters. The van der Waals surface area contributed by atoms with Crippen molar-refractivity contribution in [1.29, 1.82) is 0 Å². The molecule has 8 heteroatoms. The van der Waals surface area contributed by atoms with Gasteiger partial charge in [-0.05, 0) is 26.7 Å². The molecule has 1 aliphatic rings. The average molecular weight is 289 g/mol. The first-order chi connectivity index (χ1) is 8.81. The Bertz CT molecular complexity index is 375. The fourth-order valence-electron chi connectivity index (χ4n) is 2.01. The van der Waals surface area contributed by atoms with Crippen molar-refractivity contribution in [2.24, 2.45) is 5.73 Å². The molecule has 19 heavy (non-hydrogen) atoms. The van der Waals surface area contributed by atoms with E-state index in [1.54, 1.807) is 13.8 Å². The first-order valence-electron chi connectivity index (χ1n) is 6.07. The molecule has 0 aromatic rings. The van der Waals surface area contributed by atoms with E-state index in [-0.39, 0.29) is 23.7 Å². The number of nitrogens with two attached hydrogens (primary N) is 1. The molecular weight excluding hydrogens is 270 g/mol. The molecule has 4 N–H and O–H groups in total. The summed E-state index contributed by atoms with van der Waals surface area (Å²) in [5, 5.41) is 11.8. The second-order valence-corrected chi connectivity index (χ2v) is 5.20. The summed E-state index contributed by atoms with van der Waals surface area (Å²) in [7, 11) is 0. The number of thiocarbonyl (C=S) groups is 1. The van der Waals surface area contributed by atoms with Gasteiger partial charge in [0.15, 0.2) is 0 Å². The molecule has 0 aromatic heterocycles. The zero-order chi connectivity index (χ0) is 14.6. The minimum Gasteiger partial charge on any atom is -0.465 e. The van der Waals surface area contributed by atoms with Crippen LogP contribution in [0.25, 0.3) is 0 Å². The van der Waals surface area contributed by atoms with Crippen LogP contribution < -0.4 is 11.1 Å². The molecule has 1 saturated heterocycles. The minimum atomic E-state index is -1.10. The predicted molar refractivity (Wildman–Crippen MR) is 73.1 cm³/mol. The second kappa shape index (κ2) is 6.55. The van der Waals surface area contributed by atoms with Crippen LogP contribution in [0.1, 0.15) is 26.7 Å². The number of rotatable bonds is 3. The van der Waals surface area contributed by atoms with E-state index < -0.39 is 18.2 Å². The van der Waals surface area contributed by atoms with Crippen molar-refractivity contribution in [2.45, 2.75) is 44.9 Å². The van der Waals surface area contributed by atoms with Gasteiger partial charge in [0.25, 0.3) is 0 Å². The SMILES string of the molecule is CC(C)OC(=O)N[C@H]1CC[C@H](C(N)=S)N(C(=O)O)C1. The van der Waals surface area contributed by atoms with Gasteiger partial charge in [-0.25, -0.2) is 9.59 Å². The molecule has 1 rings (SSSR count). The molecule has 1 aliphatic heterocycles. The summed E-state index contributed by atoms with van der Waals surface area (Å²) in [5.41, 5.74) is 5.52. The zero-order valence-corrected chi connectivity index (χ0v) is 11.8. The smallest absolute Gasteiger partial charge is 0.407 e. The number of hydrogen-bond donors (Lipinski definition) is 3. The number of ether oxygens (including phenoxy) is 1. The van der Waals surface area contributed by atoms with Gasteiger partial charge in [0.2, 0.25) is 0 Å². The number of nitrogens with zero attached hydrogens (tertiary/aromatic N) is 1. The Hall–Kier alpha value is -1.57. The first kappa shape index (κ1) is 15.5. The van der Waals surface area contributed by atoms with Gasteiger partial charge in [-0.2, -0.15) is 0 Å². The Morgan fingerprint density at radius 3 is 2.58 bits per heavy atom. The Balaban J connectivity index is 2.59. The summed E-state index contributed by atoms with van der Waals surface area (Å²) >= 11 is 4.86. The molecule has 0 aliphatic carbocycles. The summed E-state index contributed by atoms with van der Waals surface area (Å²) in [6.07, 6.45) is -0.753. The lowest BCUT2D eigenvalue weighted by Gasteiger charge is -2.37. The lowest BCUT2D eigenvalue weighted by Crippen LogP contribution is -2.57. The molecule has 2 atom stereocenters. The van der Waals surface area contributed by atoms with Crippen LogP contribution in [0.5, 0.6) is 0 Å². The van der Waals surface area contributed by atoms with Crippen LogP contribution in [0.4, 0.5) is 9.59 Å². The topological polar surface area (TPSA) is 105 Å². The minimum absolute atomic E-state index is 0.157. The number of nitrogens with one attached hydrogen (secondary N) is 1. The maximum absolute atomic E-state index is 11.5. The van der Waals surface area contributed by atoms with Gasteiger partial charge in [-0.3, -0.25) is 4.90 Å². The number of likely N-dealkylation sites (tertiary alicyclic amines) is 1. The predicted octanol–water partition coefficient (Wildman–Crippen LogP) is 0.918. The van der Waals surface area contributed by atoms with Crippen LogP contribution in [0.15, 0.2) is 0 Å². The van der Waals surface area contributed by atoms with Crippen LogP contribution in [0.2, 0.25) is 0 Å². The van der Waals surface area contributed by atoms with Crippen LogP contribution in [0.3, 0.4) is 0 Å². The van der Waals surface area contributed by atoms with E-state index in [1.165, 1.54) is 0 Å². The van der Waals surface area contributed by atoms with Gasteiger partial charge in [0, 0.05) is 6.54 Å². The van der Waals surface area contributed by atoms with Crippen LogP contribution in [-0.4, -0.2) is 51.9 Å². The highest BCUT2D eigenvalue weighted by molar-refractivity contribution is 7.80. The van der Waals surface area contributed by atoms with Crippen molar-refractivity contribution in [3.63, 3.8) is 0 Å². The quantitative estimate of drug-likeness (QED) is 0.667. The Morgan fingerprint density at radius 1 is 1.47 bits per heavy atom. The van der Waals surface area contributed by atoms with Crippen molar-refractivity contribution in [2.75, 3.05) is 6.54 Å². The molecule has 0 spiro atoms. The van der Waals surface area contributed by atoms with Gasteiger partial charge in [0.05, 0.1) is 23.2 Å². The highest BCUT2D eigenvalue weighted by atomic mass is 32.1. The van der Waals surface area contributed by atoms with E-state index in [9.17, 15) is 9.59 Å². The molecule has 0 bridgehead atoms. The third kappa shape index (κ3) is 4.55. The highest BCUT2D eigenvalue weighted by Gasteiger charge is 2.34. The number of hydrogen-bond acceptors (Lipinski definition) is 4. The van der Waals surface area contributed by atoms with Gasteiger partial charge >= 0.3 is 12.2 Å². The molecule has 1 fully saturated rings. The highest BCUT2D eigenvalue weighted by Crippen LogP contribution is 2.18. The fourth-order valence-corrected chi connectivity index (χ4v) is 2.26. The lowest BCUT2D eigenvalue weighted by molar-refractivity contribution is 0.0935. The third-order valence-electron chi connectivity index (χ3n) is 2.82. The van der Waals surface area contributed by atoms with E-state index in [4.69, 9.17) is 27.8 Å².